The maximum Gasteiger partial charge on any atom is 0.286 e. The Balaban J connectivity index is 1.24. The van der Waals surface area contributed by atoms with Gasteiger partial charge in [-0.3, -0.25) is 14.9 Å². The lowest BCUT2D eigenvalue weighted by Gasteiger charge is -2.36. The summed E-state index contributed by atoms with van der Waals surface area (Å²) in [5.41, 5.74) is 1.51. The number of carbonyl (C=O) groups excluding carboxylic acids is 1. The fourth-order valence-electron chi connectivity index (χ4n) is 3.88. The zero-order valence-corrected chi connectivity index (χ0v) is 20.5. The van der Waals surface area contributed by atoms with Crippen LogP contribution in [0.25, 0.3) is 17.4 Å². The molecule has 178 valence electrons. The van der Waals surface area contributed by atoms with Crippen LogP contribution < -0.4 is 4.90 Å². The van der Waals surface area contributed by atoms with Crippen LogP contribution in [0.1, 0.15) is 5.76 Å². The minimum atomic E-state index is -0.509. The molecule has 0 radical (unpaired) electrons. The van der Waals surface area contributed by atoms with E-state index in [1.54, 1.807) is 18.2 Å². The monoisotopic (exact) mass is 528 g/mol. The number of carbonyl (C=O) groups is 1. The molecule has 1 saturated heterocycles. The van der Waals surface area contributed by atoms with Crippen molar-refractivity contribution in [3.63, 3.8) is 0 Å². The number of furan rings is 1. The van der Waals surface area contributed by atoms with Gasteiger partial charge in [0.25, 0.3) is 11.6 Å². The van der Waals surface area contributed by atoms with E-state index in [-0.39, 0.29) is 16.6 Å². The smallest absolute Gasteiger partial charge is 0.286 e. The van der Waals surface area contributed by atoms with Crippen molar-refractivity contribution in [2.45, 2.75) is 0 Å². The van der Waals surface area contributed by atoms with Crippen molar-refractivity contribution in [2.75, 3.05) is 31.1 Å². The summed E-state index contributed by atoms with van der Waals surface area (Å²) in [6, 6.07) is 15.4. The molecule has 0 N–H and O–H groups in total. The van der Waals surface area contributed by atoms with Gasteiger partial charge in [-0.1, -0.05) is 29.3 Å². The first-order chi connectivity index (χ1) is 16.9. The van der Waals surface area contributed by atoms with Gasteiger partial charge in [0.1, 0.15) is 11.5 Å². The minimum Gasteiger partial charge on any atom is -0.457 e. The lowest BCUT2D eigenvalue weighted by molar-refractivity contribution is -0.384. The largest absolute Gasteiger partial charge is 0.457 e. The van der Waals surface area contributed by atoms with Gasteiger partial charge >= 0.3 is 0 Å². The van der Waals surface area contributed by atoms with Gasteiger partial charge < -0.3 is 14.2 Å². The zero-order chi connectivity index (χ0) is 24.5. The molecule has 35 heavy (non-hydrogen) atoms. The van der Waals surface area contributed by atoms with Gasteiger partial charge in [-0.15, -0.1) is 0 Å². The second-order valence-corrected chi connectivity index (χ2v) is 9.74. The number of hydrogen-bond acceptors (Lipinski definition) is 7. The number of nitro groups is 1. The van der Waals surface area contributed by atoms with E-state index in [9.17, 15) is 14.9 Å². The number of benzene rings is 2. The van der Waals surface area contributed by atoms with Crippen molar-refractivity contribution in [1.29, 1.82) is 0 Å². The molecule has 0 bridgehead atoms. The van der Waals surface area contributed by atoms with Crippen LogP contribution in [0.3, 0.4) is 0 Å². The number of non-ortho nitro benzene ring substituents is 1. The van der Waals surface area contributed by atoms with Gasteiger partial charge in [0, 0.05) is 60.7 Å². The third kappa shape index (κ3) is 5.07. The Kier molecular flexibility index (Phi) is 6.55. The molecule has 0 unspecified atom stereocenters. The van der Waals surface area contributed by atoms with Crippen LogP contribution in [0.5, 0.6) is 0 Å². The highest BCUT2D eigenvalue weighted by Gasteiger charge is 2.29. The summed E-state index contributed by atoms with van der Waals surface area (Å²) >= 11 is 13.6. The predicted molar refractivity (Wildman–Crippen MR) is 139 cm³/mol. The maximum absolute atomic E-state index is 12.5. The van der Waals surface area contributed by atoms with Crippen LogP contribution in [-0.2, 0) is 4.79 Å². The quantitative estimate of drug-likeness (QED) is 0.234. The average molecular weight is 529 g/mol. The van der Waals surface area contributed by atoms with Crippen molar-refractivity contribution in [2.24, 2.45) is 4.99 Å². The van der Waals surface area contributed by atoms with Crippen LogP contribution in [0, 0.1) is 10.1 Å². The van der Waals surface area contributed by atoms with Gasteiger partial charge in [-0.25, -0.2) is 0 Å². The van der Waals surface area contributed by atoms with Gasteiger partial charge in [0.15, 0.2) is 5.17 Å². The molecule has 3 aromatic rings. The molecule has 2 aromatic carbocycles. The van der Waals surface area contributed by atoms with E-state index in [0.717, 1.165) is 31.9 Å². The first kappa shape index (κ1) is 23.5. The minimum absolute atomic E-state index is 0.0984. The highest BCUT2D eigenvalue weighted by atomic mass is 35.5. The summed E-state index contributed by atoms with van der Waals surface area (Å²) in [4.78, 5) is 32.0. The standard InChI is InChI=1S/C24H18Cl2N4O4S/c25-15-2-1-3-16(12-15)28-8-10-29(11-9-28)24-27-23(31)22(35-24)14-18-5-7-21(34-18)19-6-4-17(30(32)33)13-20(19)26/h1-7,12-14H,8-11H2. The average Bonchev–Trinajstić information content (AvgIpc) is 3.46. The number of amidine groups is 1. The topological polar surface area (TPSA) is 92.2 Å². The van der Waals surface area contributed by atoms with Crippen LogP contribution in [-0.4, -0.2) is 47.1 Å². The van der Waals surface area contributed by atoms with Crippen LogP contribution in [0.15, 0.2) is 68.9 Å². The number of aliphatic imine (C=N–C) groups is 1. The maximum atomic E-state index is 12.5. The van der Waals surface area contributed by atoms with Crippen LogP contribution >= 0.6 is 35.0 Å². The van der Waals surface area contributed by atoms with Gasteiger partial charge in [-0.05, 0) is 48.2 Å². The number of halogens is 2. The molecule has 1 aromatic heterocycles. The number of thioether (sulfide) groups is 1. The SMILES string of the molecule is O=C1N=C(N2CCN(c3cccc(Cl)c3)CC2)SC1=Cc1ccc(-c2ccc([N+](=O)[O-])cc2Cl)o1. The fourth-order valence-corrected chi connectivity index (χ4v) is 5.28. The summed E-state index contributed by atoms with van der Waals surface area (Å²) in [5, 5.41) is 12.5. The Morgan fingerprint density at radius 3 is 2.51 bits per heavy atom. The molecule has 1 amide bonds. The van der Waals surface area contributed by atoms with E-state index in [1.165, 1.54) is 30.0 Å². The number of anilines is 1. The van der Waals surface area contributed by atoms with Crippen molar-refractivity contribution in [3.05, 3.63) is 85.4 Å². The molecule has 1 fully saturated rings. The molecular weight excluding hydrogens is 511 g/mol. The lowest BCUT2D eigenvalue weighted by atomic mass is 10.1. The summed E-state index contributed by atoms with van der Waals surface area (Å²) < 4.78 is 5.84. The molecule has 0 spiro atoms. The van der Waals surface area contributed by atoms with Crippen molar-refractivity contribution in [1.82, 2.24) is 4.90 Å². The number of amides is 1. The molecule has 0 atom stereocenters. The Hall–Kier alpha value is -3.27. The number of hydrogen-bond donors (Lipinski definition) is 0. The summed E-state index contributed by atoms with van der Waals surface area (Å²) in [5.74, 6) is 0.603. The second kappa shape index (κ2) is 9.77. The van der Waals surface area contributed by atoms with Crippen LogP contribution in [0.4, 0.5) is 11.4 Å². The summed E-state index contributed by atoms with van der Waals surface area (Å²) in [6.07, 6.45) is 1.65. The van der Waals surface area contributed by atoms with Gasteiger partial charge in [0.2, 0.25) is 0 Å². The van der Waals surface area contributed by atoms with Crippen molar-refractivity contribution in [3.8, 4) is 11.3 Å². The Bertz CT molecular complexity index is 1380. The number of rotatable bonds is 4. The van der Waals surface area contributed by atoms with E-state index in [1.807, 2.05) is 24.3 Å². The Morgan fingerprint density at radius 2 is 1.80 bits per heavy atom. The van der Waals surface area contributed by atoms with Gasteiger partial charge in [-0.2, -0.15) is 4.99 Å². The first-order valence-electron chi connectivity index (χ1n) is 10.7. The molecule has 0 aliphatic carbocycles. The summed E-state index contributed by atoms with van der Waals surface area (Å²) in [6.45, 7) is 3.07. The highest BCUT2D eigenvalue weighted by molar-refractivity contribution is 8.18. The van der Waals surface area contributed by atoms with E-state index in [4.69, 9.17) is 27.6 Å². The molecule has 8 nitrogen and oxygen atoms in total. The second-order valence-electron chi connectivity index (χ2n) is 7.89. The highest BCUT2D eigenvalue weighted by Crippen LogP contribution is 2.35. The van der Waals surface area contributed by atoms with E-state index in [0.29, 0.717) is 32.2 Å². The Labute approximate surface area is 215 Å². The van der Waals surface area contributed by atoms with Crippen LogP contribution in [0.2, 0.25) is 10.0 Å². The van der Waals surface area contributed by atoms with E-state index in [2.05, 4.69) is 14.8 Å². The third-order valence-corrected chi connectivity index (χ3v) is 7.25. The Morgan fingerprint density at radius 1 is 1.03 bits per heavy atom. The number of piperazine rings is 1. The normalized spacial score (nSPS) is 17.3. The molecule has 0 saturated carbocycles. The lowest BCUT2D eigenvalue weighted by Crippen LogP contribution is -2.47. The summed E-state index contributed by atoms with van der Waals surface area (Å²) in [7, 11) is 0. The predicted octanol–water partition coefficient (Wildman–Crippen LogP) is 5.95. The third-order valence-electron chi connectivity index (χ3n) is 5.66. The van der Waals surface area contributed by atoms with Gasteiger partial charge in [0.05, 0.1) is 14.9 Å². The zero-order valence-electron chi connectivity index (χ0n) is 18.2. The first-order valence-corrected chi connectivity index (χ1v) is 12.3. The molecule has 3 heterocycles. The molecule has 11 heteroatoms. The van der Waals surface area contributed by atoms with E-state index >= 15 is 0 Å². The number of nitro benzene ring substituents is 1. The molecule has 5 rings (SSSR count). The van der Waals surface area contributed by atoms with Crippen molar-refractivity contribution < 1.29 is 14.1 Å². The molecular formula is C24H18Cl2N4O4S. The molecule has 2 aliphatic rings. The number of nitrogens with zero attached hydrogens (tertiary/aromatic N) is 4. The van der Waals surface area contributed by atoms with E-state index < -0.39 is 4.92 Å². The molecule has 2 aliphatic heterocycles. The fraction of sp³-hybridized carbons (Fsp3) is 0.167. The van der Waals surface area contributed by atoms with Crippen molar-refractivity contribution >= 4 is 63.5 Å².